The van der Waals surface area contributed by atoms with Gasteiger partial charge >= 0.3 is 5.97 Å². The van der Waals surface area contributed by atoms with Crippen molar-refractivity contribution in [3.8, 4) is 22.8 Å². The van der Waals surface area contributed by atoms with Crippen molar-refractivity contribution in [1.29, 1.82) is 0 Å². The van der Waals surface area contributed by atoms with Crippen LogP contribution in [0.2, 0.25) is 0 Å². The number of aryl methyl sites for hydroxylation is 1. The van der Waals surface area contributed by atoms with E-state index in [-0.39, 0.29) is 5.56 Å². The van der Waals surface area contributed by atoms with Gasteiger partial charge in [-0.2, -0.15) is 0 Å². The van der Waals surface area contributed by atoms with Crippen LogP contribution in [0.3, 0.4) is 0 Å². The lowest BCUT2D eigenvalue weighted by Gasteiger charge is -2.06. The highest BCUT2D eigenvalue weighted by Gasteiger charge is 2.16. The highest BCUT2D eigenvalue weighted by atomic mass is 79.9. The highest BCUT2D eigenvalue weighted by molar-refractivity contribution is 9.10. The summed E-state index contributed by atoms with van der Waals surface area (Å²) < 4.78 is 6.88. The number of aromatic nitrogens is 1. The molecule has 0 fully saturated rings. The quantitative estimate of drug-likeness (QED) is 0.456. The van der Waals surface area contributed by atoms with Gasteiger partial charge in [-0.15, -0.1) is 0 Å². The Morgan fingerprint density at radius 1 is 1.04 bits per heavy atom. The molecule has 0 saturated carbocycles. The Labute approximate surface area is 158 Å². The molecule has 2 aromatic carbocycles. The summed E-state index contributed by atoms with van der Waals surface area (Å²) in [6.45, 7) is 1.93. The summed E-state index contributed by atoms with van der Waals surface area (Å²) in [7, 11) is 0. The second kappa shape index (κ2) is 6.42. The smallest absolute Gasteiger partial charge is 0.336 e. The molecule has 26 heavy (non-hydrogen) atoms. The Bertz CT molecular complexity index is 1150. The lowest BCUT2D eigenvalue weighted by Crippen LogP contribution is -2.00. The van der Waals surface area contributed by atoms with Crippen LogP contribution in [0.15, 0.2) is 69.6 Å². The molecular formula is C21H14BrNO3. The maximum absolute atomic E-state index is 11.7. The summed E-state index contributed by atoms with van der Waals surface area (Å²) in [6.07, 6.45) is 0. The van der Waals surface area contributed by atoms with Crippen molar-refractivity contribution in [3.63, 3.8) is 0 Å². The zero-order chi connectivity index (χ0) is 18.3. The van der Waals surface area contributed by atoms with Gasteiger partial charge in [-0.25, -0.2) is 9.78 Å². The fraction of sp³-hybridized carbons (Fsp3) is 0.0476. The number of pyridine rings is 1. The molecule has 0 aliphatic carbocycles. The van der Waals surface area contributed by atoms with Crippen molar-refractivity contribution >= 4 is 32.8 Å². The van der Waals surface area contributed by atoms with Crippen LogP contribution in [0.4, 0.5) is 0 Å². The number of carboxylic acid groups (broad SMARTS) is 1. The molecule has 0 amide bonds. The van der Waals surface area contributed by atoms with E-state index >= 15 is 0 Å². The van der Waals surface area contributed by atoms with Crippen molar-refractivity contribution in [1.82, 2.24) is 4.98 Å². The third-order valence-electron chi connectivity index (χ3n) is 4.19. The number of nitrogens with zero attached hydrogens (tertiary/aromatic N) is 1. The number of rotatable bonds is 3. The summed E-state index contributed by atoms with van der Waals surface area (Å²) >= 11 is 3.52. The van der Waals surface area contributed by atoms with Crippen molar-refractivity contribution in [2.75, 3.05) is 0 Å². The number of carbonyl (C=O) groups is 1. The van der Waals surface area contributed by atoms with Crippen molar-refractivity contribution in [2.24, 2.45) is 0 Å². The van der Waals surface area contributed by atoms with Crippen molar-refractivity contribution in [3.05, 3.63) is 76.3 Å². The number of carboxylic acids is 1. The molecule has 2 aromatic heterocycles. The molecule has 4 aromatic rings. The van der Waals surface area contributed by atoms with Crippen molar-refractivity contribution < 1.29 is 14.3 Å². The molecule has 0 bridgehead atoms. The summed E-state index contributed by atoms with van der Waals surface area (Å²) in [5.41, 5.74) is 3.26. The second-order valence-electron chi connectivity index (χ2n) is 6.02. The molecule has 0 atom stereocenters. The van der Waals surface area contributed by atoms with Gasteiger partial charge in [-0.3, -0.25) is 0 Å². The molecule has 0 unspecified atom stereocenters. The molecule has 2 heterocycles. The number of hydrogen-bond donors (Lipinski definition) is 1. The first-order chi connectivity index (χ1) is 12.5. The van der Waals surface area contributed by atoms with Crippen LogP contribution >= 0.6 is 15.9 Å². The number of hydrogen-bond acceptors (Lipinski definition) is 3. The third-order valence-corrected chi connectivity index (χ3v) is 4.88. The van der Waals surface area contributed by atoms with Gasteiger partial charge in [0.15, 0.2) is 5.76 Å². The second-order valence-corrected chi connectivity index (χ2v) is 6.88. The van der Waals surface area contributed by atoms with Crippen LogP contribution < -0.4 is 0 Å². The predicted octanol–water partition coefficient (Wildman–Crippen LogP) is 5.93. The topological polar surface area (TPSA) is 63.3 Å². The lowest BCUT2D eigenvalue weighted by molar-refractivity contribution is 0.0699. The molecule has 0 aliphatic heterocycles. The van der Waals surface area contributed by atoms with E-state index in [1.54, 1.807) is 6.07 Å². The Balaban J connectivity index is 1.86. The minimum atomic E-state index is -0.984. The molecule has 128 valence electrons. The van der Waals surface area contributed by atoms with Gasteiger partial charge in [0.25, 0.3) is 0 Å². The van der Waals surface area contributed by atoms with Gasteiger partial charge < -0.3 is 9.52 Å². The van der Waals surface area contributed by atoms with Gasteiger partial charge in [0.1, 0.15) is 11.5 Å². The van der Waals surface area contributed by atoms with E-state index in [0.717, 1.165) is 15.6 Å². The SMILES string of the molecule is Cc1ccc2nc(-c3ccc(-c4ccccc4Br)o3)cc(C(=O)O)c2c1. The maximum Gasteiger partial charge on any atom is 0.336 e. The molecule has 1 N–H and O–H groups in total. The first kappa shape index (κ1) is 16.5. The molecule has 0 radical (unpaired) electrons. The minimum absolute atomic E-state index is 0.215. The summed E-state index contributed by atoms with van der Waals surface area (Å²) in [5, 5.41) is 10.2. The Hall–Kier alpha value is -2.92. The Kier molecular flexibility index (Phi) is 4.09. The van der Waals surface area contributed by atoms with E-state index in [0.29, 0.717) is 28.1 Å². The van der Waals surface area contributed by atoms with Crippen LogP contribution in [0.1, 0.15) is 15.9 Å². The van der Waals surface area contributed by atoms with E-state index in [4.69, 9.17) is 4.42 Å². The molecule has 4 rings (SSSR count). The van der Waals surface area contributed by atoms with Gasteiger partial charge in [-0.05, 0) is 43.3 Å². The standard InChI is InChI=1S/C21H14BrNO3/c1-12-6-7-17-14(10-12)15(21(24)25)11-18(23-17)20-9-8-19(26-20)13-4-2-3-5-16(13)22/h2-11H,1H3,(H,24,25). The molecule has 4 nitrogen and oxygen atoms in total. The number of benzene rings is 2. The van der Waals surface area contributed by atoms with Crippen LogP contribution in [0.25, 0.3) is 33.7 Å². The van der Waals surface area contributed by atoms with E-state index in [1.165, 1.54) is 0 Å². The maximum atomic E-state index is 11.7. The van der Waals surface area contributed by atoms with E-state index in [9.17, 15) is 9.90 Å². The van der Waals surface area contributed by atoms with Gasteiger partial charge in [0, 0.05) is 15.4 Å². The summed E-state index contributed by atoms with van der Waals surface area (Å²) in [6, 6.07) is 18.6. The molecule has 0 saturated heterocycles. The summed E-state index contributed by atoms with van der Waals surface area (Å²) in [4.78, 5) is 16.3. The highest BCUT2D eigenvalue weighted by Crippen LogP contribution is 2.33. The minimum Gasteiger partial charge on any atom is -0.478 e. The predicted molar refractivity (Wildman–Crippen MR) is 104 cm³/mol. The van der Waals surface area contributed by atoms with Crippen LogP contribution in [-0.4, -0.2) is 16.1 Å². The largest absolute Gasteiger partial charge is 0.478 e. The lowest BCUT2D eigenvalue weighted by atomic mass is 10.0. The van der Waals surface area contributed by atoms with Crippen molar-refractivity contribution in [2.45, 2.75) is 6.92 Å². The van der Waals surface area contributed by atoms with Crippen LogP contribution in [0.5, 0.6) is 0 Å². The van der Waals surface area contributed by atoms with E-state index < -0.39 is 5.97 Å². The average Bonchev–Trinajstić information content (AvgIpc) is 3.11. The van der Waals surface area contributed by atoms with E-state index in [1.807, 2.05) is 61.5 Å². The molecular weight excluding hydrogens is 394 g/mol. The number of aromatic carboxylic acids is 1. The molecule has 0 spiro atoms. The molecule has 5 heteroatoms. The summed E-state index contributed by atoms with van der Waals surface area (Å²) in [5.74, 6) is 0.234. The average molecular weight is 408 g/mol. The van der Waals surface area contributed by atoms with E-state index in [2.05, 4.69) is 20.9 Å². The Morgan fingerprint density at radius 2 is 1.81 bits per heavy atom. The monoisotopic (exact) mass is 407 g/mol. The fourth-order valence-corrected chi connectivity index (χ4v) is 3.40. The van der Waals surface area contributed by atoms with Crippen LogP contribution in [-0.2, 0) is 0 Å². The Morgan fingerprint density at radius 3 is 2.58 bits per heavy atom. The normalized spacial score (nSPS) is 11.0. The first-order valence-corrected chi connectivity index (χ1v) is 8.82. The van der Waals surface area contributed by atoms with Crippen LogP contribution in [0, 0.1) is 6.92 Å². The van der Waals surface area contributed by atoms with Gasteiger partial charge in [-0.1, -0.05) is 45.8 Å². The first-order valence-electron chi connectivity index (χ1n) is 8.03. The zero-order valence-electron chi connectivity index (χ0n) is 13.9. The fourth-order valence-electron chi connectivity index (χ4n) is 2.92. The zero-order valence-corrected chi connectivity index (χ0v) is 15.4. The third kappa shape index (κ3) is 2.91. The number of halogens is 1. The number of furan rings is 1. The molecule has 0 aliphatic rings. The van der Waals surface area contributed by atoms with Gasteiger partial charge in [0.05, 0.1) is 11.1 Å². The van der Waals surface area contributed by atoms with Gasteiger partial charge in [0.2, 0.25) is 0 Å². The number of fused-ring (bicyclic) bond motifs is 1.